The molecule has 1 N–H and O–H groups in total. The number of pyridine rings is 1. The van der Waals surface area contributed by atoms with Crippen molar-refractivity contribution in [3.05, 3.63) is 22.3 Å². The van der Waals surface area contributed by atoms with Gasteiger partial charge in [-0.3, -0.25) is 0 Å². The Balaban J connectivity index is 2.42. The lowest BCUT2D eigenvalue weighted by atomic mass is 10.3. The Bertz CT molecular complexity index is 291. The smallest absolute Gasteiger partial charge is 0.140 e. The molecule has 0 aliphatic carbocycles. The van der Waals surface area contributed by atoms with E-state index in [0.717, 1.165) is 41.1 Å². The quantitative estimate of drug-likeness (QED) is 0.657. The molecule has 0 bridgehead atoms. The lowest BCUT2D eigenvalue weighted by Gasteiger charge is -2.07. The van der Waals surface area contributed by atoms with E-state index in [1.165, 1.54) is 0 Å². The van der Waals surface area contributed by atoms with Gasteiger partial charge in [0.1, 0.15) is 5.82 Å². The summed E-state index contributed by atoms with van der Waals surface area (Å²) >= 11 is 9.05. The molecule has 1 heterocycles. The third kappa shape index (κ3) is 3.84. The molecule has 14 heavy (non-hydrogen) atoms. The molecule has 1 aromatic heterocycles. The Morgan fingerprint density at radius 2 is 2.29 bits per heavy atom. The number of anilines is 1. The van der Waals surface area contributed by atoms with E-state index < -0.39 is 0 Å². The Labute approximate surface area is 98.2 Å². The number of aryl methyl sites for hydroxylation is 1. The summed E-state index contributed by atoms with van der Waals surface area (Å²) in [5.41, 5.74) is 1.16. The van der Waals surface area contributed by atoms with Gasteiger partial charge in [0, 0.05) is 18.6 Å². The van der Waals surface area contributed by atoms with E-state index in [4.69, 9.17) is 11.6 Å². The predicted molar refractivity (Wildman–Crippen MR) is 65.1 cm³/mol. The van der Waals surface area contributed by atoms with Crippen molar-refractivity contribution in [1.29, 1.82) is 0 Å². The molecule has 0 atom stereocenters. The number of alkyl halides is 1. The third-order valence-corrected chi connectivity index (χ3v) is 2.70. The topological polar surface area (TPSA) is 24.9 Å². The molecule has 0 aliphatic heterocycles. The molecular weight excluding hydrogens is 263 g/mol. The van der Waals surface area contributed by atoms with Crippen LogP contribution >= 0.6 is 27.5 Å². The van der Waals surface area contributed by atoms with Gasteiger partial charge in [-0.05, 0) is 47.3 Å². The summed E-state index contributed by atoms with van der Waals surface area (Å²) in [4.78, 5) is 4.28. The van der Waals surface area contributed by atoms with Crippen LogP contribution in [0.5, 0.6) is 0 Å². The van der Waals surface area contributed by atoms with Gasteiger partial charge in [0.15, 0.2) is 0 Å². The van der Waals surface area contributed by atoms with Crippen molar-refractivity contribution in [2.24, 2.45) is 0 Å². The molecule has 0 radical (unpaired) electrons. The van der Waals surface area contributed by atoms with Gasteiger partial charge < -0.3 is 5.32 Å². The summed E-state index contributed by atoms with van der Waals surface area (Å²) in [6.45, 7) is 2.94. The highest BCUT2D eigenvalue weighted by Gasteiger charge is 1.99. The Hall–Kier alpha value is -0.280. The van der Waals surface area contributed by atoms with Gasteiger partial charge in [-0.15, -0.1) is 11.6 Å². The molecule has 0 saturated heterocycles. The Morgan fingerprint density at radius 3 is 2.93 bits per heavy atom. The van der Waals surface area contributed by atoms with Crippen molar-refractivity contribution in [3.8, 4) is 0 Å². The first kappa shape index (κ1) is 11.8. The second-order valence-electron chi connectivity index (χ2n) is 3.17. The van der Waals surface area contributed by atoms with E-state index in [-0.39, 0.29) is 0 Å². The van der Waals surface area contributed by atoms with Crippen LogP contribution < -0.4 is 5.32 Å². The van der Waals surface area contributed by atoms with Crippen LogP contribution in [0.1, 0.15) is 18.4 Å². The van der Waals surface area contributed by atoms with Crippen LogP contribution in [0.25, 0.3) is 0 Å². The maximum atomic E-state index is 5.58. The minimum atomic E-state index is 0.726. The number of unbranched alkanes of at least 4 members (excludes halogenated alkanes) is 1. The number of halogens is 2. The van der Waals surface area contributed by atoms with Crippen molar-refractivity contribution < 1.29 is 0 Å². The number of aromatic nitrogens is 1. The van der Waals surface area contributed by atoms with Gasteiger partial charge in [0.05, 0.1) is 4.47 Å². The molecular formula is C10H14BrClN2. The fourth-order valence-electron chi connectivity index (χ4n) is 1.09. The van der Waals surface area contributed by atoms with Crippen LogP contribution in [0.15, 0.2) is 16.7 Å². The number of nitrogens with zero attached hydrogens (tertiary/aromatic N) is 1. The molecule has 4 heteroatoms. The van der Waals surface area contributed by atoms with Crippen molar-refractivity contribution in [3.63, 3.8) is 0 Å². The van der Waals surface area contributed by atoms with Crippen molar-refractivity contribution in [2.45, 2.75) is 19.8 Å². The van der Waals surface area contributed by atoms with Gasteiger partial charge in [-0.1, -0.05) is 0 Å². The largest absolute Gasteiger partial charge is 0.369 e. The molecule has 1 rings (SSSR count). The summed E-state index contributed by atoms with van der Waals surface area (Å²) in [6, 6.07) is 2.05. The van der Waals surface area contributed by atoms with E-state index in [1.54, 1.807) is 0 Å². The molecule has 0 fully saturated rings. The van der Waals surface area contributed by atoms with Crippen molar-refractivity contribution in [2.75, 3.05) is 17.7 Å². The fourth-order valence-corrected chi connectivity index (χ4v) is 1.88. The standard InChI is InChI=1S/C10H14BrClN2/c1-8-6-9(11)10(14-7-8)13-5-3-2-4-12/h6-7H,2-5H2,1H3,(H,13,14). The van der Waals surface area contributed by atoms with Crippen LogP contribution in [-0.4, -0.2) is 17.4 Å². The minimum absolute atomic E-state index is 0.726. The van der Waals surface area contributed by atoms with Gasteiger partial charge >= 0.3 is 0 Å². The van der Waals surface area contributed by atoms with E-state index >= 15 is 0 Å². The second-order valence-corrected chi connectivity index (χ2v) is 4.40. The number of nitrogens with one attached hydrogen (secondary N) is 1. The van der Waals surface area contributed by atoms with Crippen LogP contribution in [0.3, 0.4) is 0 Å². The van der Waals surface area contributed by atoms with E-state index in [2.05, 4.69) is 32.3 Å². The average molecular weight is 278 g/mol. The zero-order chi connectivity index (χ0) is 10.4. The van der Waals surface area contributed by atoms with Gasteiger partial charge in [-0.2, -0.15) is 0 Å². The molecule has 0 unspecified atom stereocenters. The first-order valence-corrected chi connectivity index (χ1v) is 5.99. The van der Waals surface area contributed by atoms with Crippen LogP contribution in [0, 0.1) is 6.92 Å². The molecule has 2 nitrogen and oxygen atoms in total. The summed E-state index contributed by atoms with van der Waals surface area (Å²) in [7, 11) is 0. The first-order chi connectivity index (χ1) is 6.74. The van der Waals surface area contributed by atoms with Crippen LogP contribution in [-0.2, 0) is 0 Å². The number of hydrogen-bond donors (Lipinski definition) is 1. The lowest BCUT2D eigenvalue weighted by Crippen LogP contribution is -2.04. The summed E-state index contributed by atoms with van der Waals surface area (Å²) < 4.78 is 1.02. The monoisotopic (exact) mass is 276 g/mol. The first-order valence-electron chi connectivity index (χ1n) is 4.66. The molecule has 0 amide bonds. The maximum absolute atomic E-state index is 5.58. The highest BCUT2D eigenvalue weighted by Crippen LogP contribution is 2.20. The molecule has 1 aromatic rings. The van der Waals surface area contributed by atoms with Crippen LogP contribution in [0.2, 0.25) is 0 Å². The predicted octanol–water partition coefficient (Wildman–Crippen LogP) is 3.58. The zero-order valence-corrected chi connectivity index (χ0v) is 10.5. The molecule has 0 saturated carbocycles. The van der Waals surface area contributed by atoms with Gasteiger partial charge in [0.25, 0.3) is 0 Å². The highest BCUT2D eigenvalue weighted by atomic mass is 79.9. The van der Waals surface area contributed by atoms with Crippen molar-refractivity contribution in [1.82, 2.24) is 4.98 Å². The number of rotatable bonds is 5. The summed E-state index contributed by atoms with van der Waals surface area (Å²) in [5, 5.41) is 3.26. The van der Waals surface area contributed by atoms with E-state index in [1.807, 2.05) is 13.1 Å². The minimum Gasteiger partial charge on any atom is -0.369 e. The highest BCUT2D eigenvalue weighted by molar-refractivity contribution is 9.10. The van der Waals surface area contributed by atoms with Crippen molar-refractivity contribution >= 4 is 33.3 Å². The molecule has 78 valence electrons. The lowest BCUT2D eigenvalue weighted by molar-refractivity contribution is 0.835. The third-order valence-electron chi connectivity index (χ3n) is 1.83. The van der Waals surface area contributed by atoms with E-state index in [0.29, 0.717) is 0 Å². The van der Waals surface area contributed by atoms with Gasteiger partial charge in [-0.25, -0.2) is 4.98 Å². The fraction of sp³-hybridized carbons (Fsp3) is 0.500. The molecule has 0 aromatic carbocycles. The molecule has 0 aliphatic rings. The normalized spacial score (nSPS) is 10.2. The Kier molecular flexibility index (Phi) is 5.26. The Morgan fingerprint density at radius 1 is 1.50 bits per heavy atom. The summed E-state index contributed by atoms with van der Waals surface area (Å²) in [6.07, 6.45) is 3.97. The maximum Gasteiger partial charge on any atom is 0.140 e. The number of hydrogen-bond acceptors (Lipinski definition) is 2. The molecule has 0 spiro atoms. The van der Waals surface area contributed by atoms with Gasteiger partial charge in [0.2, 0.25) is 0 Å². The van der Waals surface area contributed by atoms with Crippen LogP contribution in [0.4, 0.5) is 5.82 Å². The SMILES string of the molecule is Cc1cnc(NCCCCCl)c(Br)c1. The zero-order valence-electron chi connectivity index (χ0n) is 8.19. The summed E-state index contributed by atoms with van der Waals surface area (Å²) in [5.74, 6) is 1.63. The second kappa shape index (κ2) is 6.25. The average Bonchev–Trinajstić information content (AvgIpc) is 2.15. The van der Waals surface area contributed by atoms with E-state index in [9.17, 15) is 0 Å².